The van der Waals surface area contributed by atoms with Gasteiger partial charge in [-0.25, -0.2) is 0 Å². The van der Waals surface area contributed by atoms with Crippen LogP contribution in [0.1, 0.15) is 51.6 Å². The van der Waals surface area contributed by atoms with Gasteiger partial charge in [0.25, 0.3) is 5.91 Å². The normalized spacial score (nSPS) is 17.4. The summed E-state index contributed by atoms with van der Waals surface area (Å²) in [6.45, 7) is 8.53. The highest BCUT2D eigenvalue weighted by Gasteiger charge is 2.40. The number of amides is 1. The van der Waals surface area contributed by atoms with Gasteiger partial charge in [0, 0.05) is 7.11 Å². The van der Waals surface area contributed by atoms with Crippen molar-refractivity contribution in [1.29, 1.82) is 0 Å². The van der Waals surface area contributed by atoms with Crippen LogP contribution in [-0.4, -0.2) is 45.4 Å². The van der Waals surface area contributed by atoms with Crippen molar-refractivity contribution in [3.05, 3.63) is 23.8 Å². The Hall–Kier alpha value is -1.79. The van der Waals surface area contributed by atoms with Gasteiger partial charge in [-0.1, -0.05) is 19.9 Å². The van der Waals surface area contributed by atoms with E-state index in [0.717, 1.165) is 30.8 Å². The van der Waals surface area contributed by atoms with Gasteiger partial charge in [-0.2, -0.15) is 0 Å². The fourth-order valence-electron chi connectivity index (χ4n) is 3.24. The Morgan fingerprint density at radius 1 is 1.19 bits per heavy atom. The van der Waals surface area contributed by atoms with Crippen molar-refractivity contribution in [2.24, 2.45) is 5.92 Å². The largest absolute Gasteiger partial charge is 0.493 e. The molecule has 27 heavy (non-hydrogen) atoms. The maximum atomic E-state index is 12.8. The van der Waals surface area contributed by atoms with E-state index in [9.17, 15) is 4.79 Å². The molecule has 0 aromatic heterocycles. The van der Waals surface area contributed by atoms with Crippen LogP contribution in [0.3, 0.4) is 0 Å². The van der Waals surface area contributed by atoms with E-state index in [1.807, 2.05) is 25.1 Å². The van der Waals surface area contributed by atoms with E-state index in [1.165, 1.54) is 0 Å². The first-order valence-electron chi connectivity index (χ1n) is 9.79. The van der Waals surface area contributed by atoms with Crippen LogP contribution in [0.25, 0.3) is 0 Å². The molecule has 0 aliphatic carbocycles. The molecule has 0 saturated carbocycles. The molecule has 6 nitrogen and oxygen atoms in total. The zero-order valence-electron chi connectivity index (χ0n) is 17.3. The minimum absolute atomic E-state index is 0.0600. The Bertz CT molecular complexity index is 612. The van der Waals surface area contributed by atoms with E-state index in [-0.39, 0.29) is 11.9 Å². The van der Waals surface area contributed by atoms with E-state index in [2.05, 4.69) is 24.5 Å². The van der Waals surface area contributed by atoms with Gasteiger partial charge in [0.05, 0.1) is 19.8 Å². The Balaban J connectivity index is 2.04. The molecule has 1 unspecified atom stereocenters. The van der Waals surface area contributed by atoms with E-state index in [1.54, 1.807) is 14.2 Å². The quantitative estimate of drug-likeness (QED) is 0.691. The van der Waals surface area contributed by atoms with Crippen LogP contribution >= 0.6 is 0 Å². The zero-order valence-corrected chi connectivity index (χ0v) is 17.3. The number of piperidine rings is 1. The van der Waals surface area contributed by atoms with Gasteiger partial charge in [-0.15, -0.1) is 0 Å². The van der Waals surface area contributed by atoms with Crippen molar-refractivity contribution in [3.8, 4) is 11.5 Å². The van der Waals surface area contributed by atoms with Crippen LogP contribution in [0.5, 0.6) is 11.5 Å². The van der Waals surface area contributed by atoms with Crippen LogP contribution in [0.4, 0.5) is 0 Å². The maximum absolute atomic E-state index is 12.8. The minimum atomic E-state index is -0.747. The average molecular weight is 379 g/mol. The first-order chi connectivity index (χ1) is 12.9. The first kappa shape index (κ1) is 21.5. The molecule has 1 aromatic carbocycles. The molecule has 1 aliphatic heterocycles. The predicted molar refractivity (Wildman–Crippen MR) is 106 cm³/mol. The third-order valence-electron chi connectivity index (χ3n) is 5.20. The third kappa shape index (κ3) is 5.59. The van der Waals surface area contributed by atoms with E-state index < -0.39 is 5.60 Å². The molecule has 6 heteroatoms. The van der Waals surface area contributed by atoms with Crippen molar-refractivity contribution in [2.45, 2.75) is 51.7 Å². The van der Waals surface area contributed by atoms with Crippen LogP contribution < -0.4 is 20.1 Å². The van der Waals surface area contributed by atoms with Gasteiger partial charge in [0.1, 0.15) is 5.60 Å². The van der Waals surface area contributed by atoms with Crippen LogP contribution in [0.15, 0.2) is 18.2 Å². The second kappa shape index (κ2) is 9.95. The molecule has 0 bridgehead atoms. The molecule has 1 saturated heterocycles. The Morgan fingerprint density at radius 2 is 1.89 bits per heavy atom. The molecule has 0 spiro atoms. The van der Waals surface area contributed by atoms with E-state index in [4.69, 9.17) is 14.2 Å². The van der Waals surface area contributed by atoms with E-state index >= 15 is 0 Å². The third-order valence-corrected chi connectivity index (χ3v) is 5.20. The lowest BCUT2D eigenvalue weighted by Gasteiger charge is -2.35. The summed E-state index contributed by atoms with van der Waals surface area (Å²) in [5, 5.41) is 6.37. The number of benzene rings is 1. The maximum Gasteiger partial charge on any atom is 0.252 e. The molecule has 1 aliphatic rings. The molecule has 1 fully saturated rings. The predicted octanol–water partition coefficient (Wildman–Crippen LogP) is 3.07. The van der Waals surface area contributed by atoms with Gasteiger partial charge < -0.3 is 24.8 Å². The zero-order chi connectivity index (χ0) is 19.9. The SMILES string of the molecule is COc1cc(C(C)NC(=O)C2(OC)CCNCC2)ccc1OCCC(C)C. The molecule has 1 heterocycles. The Morgan fingerprint density at radius 3 is 2.48 bits per heavy atom. The molecule has 2 N–H and O–H groups in total. The summed E-state index contributed by atoms with van der Waals surface area (Å²) in [7, 11) is 3.24. The second-order valence-corrected chi connectivity index (χ2v) is 7.58. The highest BCUT2D eigenvalue weighted by atomic mass is 16.5. The lowest BCUT2D eigenvalue weighted by molar-refractivity contribution is -0.147. The minimum Gasteiger partial charge on any atom is -0.493 e. The average Bonchev–Trinajstić information content (AvgIpc) is 2.68. The Labute approximate surface area is 163 Å². The number of hydrogen-bond acceptors (Lipinski definition) is 5. The summed E-state index contributed by atoms with van der Waals surface area (Å²) in [4.78, 5) is 12.8. The van der Waals surface area contributed by atoms with Crippen LogP contribution in [-0.2, 0) is 9.53 Å². The molecule has 0 radical (unpaired) electrons. The van der Waals surface area contributed by atoms with Crippen molar-refractivity contribution in [2.75, 3.05) is 33.9 Å². The first-order valence-corrected chi connectivity index (χ1v) is 9.79. The highest BCUT2D eigenvalue weighted by molar-refractivity contribution is 5.85. The van der Waals surface area contributed by atoms with Gasteiger partial charge in [-0.3, -0.25) is 4.79 Å². The number of ether oxygens (including phenoxy) is 3. The fraction of sp³-hybridized carbons (Fsp3) is 0.667. The summed E-state index contributed by atoms with van der Waals surface area (Å²) >= 11 is 0. The van der Waals surface area contributed by atoms with Gasteiger partial charge in [0.15, 0.2) is 11.5 Å². The number of carbonyl (C=O) groups excluding carboxylic acids is 1. The monoisotopic (exact) mass is 378 g/mol. The number of hydrogen-bond donors (Lipinski definition) is 2. The lowest BCUT2D eigenvalue weighted by atomic mass is 9.90. The molecule has 152 valence electrons. The van der Waals surface area contributed by atoms with Crippen LogP contribution in [0.2, 0.25) is 0 Å². The van der Waals surface area contributed by atoms with Crippen molar-refractivity contribution < 1.29 is 19.0 Å². The summed E-state index contributed by atoms with van der Waals surface area (Å²) < 4.78 is 16.9. The summed E-state index contributed by atoms with van der Waals surface area (Å²) in [5.41, 5.74) is 0.223. The topological polar surface area (TPSA) is 68.8 Å². The molecule has 1 amide bonds. The lowest BCUT2D eigenvalue weighted by Crippen LogP contribution is -2.54. The smallest absolute Gasteiger partial charge is 0.252 e. The summed E-state index contributed by atoms with van der Waals surface area (Å²) in [5.74, 6) is 1.94. The number of carbonyl (C=O) groups is 1. The van der Waals surface area contributed by atoms with Gasteiger partial charge in [0.2, 0.25) is 0 Å². The van der Waals surface area contributed by atoms with Crippen molar-refractivity contribution in [1.82, 2.24) is 10.6 Å². The molecule has 1 atom stereocenters. The van der Waals surface area contributed by atoms with Gasteiger partial charge in [-0.05, 0) is 62.9 Å². The fourth-order valence-corrected chi connectivity index (χ4v) is 3.24. The number of rotatable bonds is 9. The summed E-state index contributed by atoms with van der Waals surface area (Å²) in [6.07, 6.45) is 2.34. The number of nitrogens with one attached hydrogen (secondary N) is 2. The van der Waals surface area contributed by atoms with Crippen molar-refractivity contribution in [3.63, 3.8) is 0 Å². The molecular formula is C21H34N2O4. The second-order valence-electron chi connectivity index (χ2n) is 7.58. The highest BCUT2D eigenvalue weighted by Crippen LogP contribution is 2.31. The molecule has 1 aromatic rings. The van der Waals surface area contributed by atoms with Crippen molar-refractivity contribution >= 4 is 5.91 Å². The standard InChI is InChI=1S/C21H34N2O4/c1-15(2)8-13-27-18-7-6-17(14-19(18)25-4)16(3)23-20(24)21(26-5)9-11-22-12-10-21/h6-7,14-16,22H,8-13H2,1-5H3,(H,23,24). The number of methoxy groups -OCH3 is 2. The molecular weight excluding hydrogens is 344 g/mol. The van der Waals surface area contributed by atoms with E-state index in [0.29, 0.717) is 31.1 Å². The van der Waals surface area contributed by atoms with Gasteiger partial charge >= 0.3 is 0 Å². The Kier molecular flexibility index (Phi) is 7.92. The summed E-state index contributed by atoms with van der Waals surface area (Å²) in [6, 6.07) is 5.66. The molecule has 2 rings (SSSR count). The van der Waals surface area contributed by atoms with Crippen LogP contribution in [0, 0.1) is 5.92 Å².